The number of hydrogen-bond acceptors (Lipinski definition) is 4. The number of halogens is 2. The largest absolute Gasteiger partial charge is 0.467 e. The number of ether oxygens (including phenoxy) is 1. The Bertz CT molecular complexity index is 489. The maximum Gasteiger partial charge on any atom is 0.330 e. The second kappa shape index (κ2) is 5.07. The lowest BCUT2D eigenvalue weighted by molar-refractivity contribution is -0.146. The molecule has 0 aliphatic heterocycles. The minimum Gasteiger partial charge on any atom is -0.467 e. The van der Waals surface area contributed by atoms with Crippen molar-refractivity contribution in [2.24, 2.45) is 0 Å². The molecule has 18 heavy (non-hydrogen) atoms. The molecule has 0 saturated heterocycles. The lowest BCUT2D eigenvalue weighted by Gasteiger charge is -2.23. The average molecular weight is 258 g/mol. The summed E-state index contributed by atoms with van der Waals surface area (Å²) in [6.45, 7) is 2.76. The Labute approximate surface area is 102 Å². The average Bonchev–Trinajstić information content (AvgIpc) is 2.30. The van der Waals surface area contributed by atoms with Crippen LogP contribution in [0.5, 0.6) is 0 Å². The molecule has 0 unspecified atom stereocenters. The normalized spacial score (nSPS) is 10.9. The zero-order valence-corrected chi connectivity index (χ0v) is 10.1. The Morgan fingerprint density at radius 2 is 2.00 bits per heavy atom. The van der Waals surface area contributed by atoms with E-state index in [2.05, 4.69) is 15.0 Å². The third-order valence-corrected chi connectivity index (χ3v) is 2.21. The second-order valence-electron chi connectivity index (χ2n) is 4.03. The Balaban J connectivity index is 2.96. The van der Waals surface area contributed by atoms with Crippen molar-refractivity contribution in [1.29, 1.82) is 0 Å². The van der Waals surface area contributed by atoms with Crippen molar-refractivity contribution in [2.75, 3.05) is 7.11 Å². The van der Waals surface area contributed by atoms with Gasteiger partial charge in [-0.25, -0.2) is 14.2 Å². The first kappa shape index (κ1) is 14.0. The van der Waals surface area contributed by atoms with Gasteiger partial charge in [0, 0.05) is 6.20 Å². The van der Waals surface area contributed by atoms with Gasteiger partial charge in [0.05, 0.1) is 12.7 Å². The fraction of sp³-hybridized carbons (Fsp3) is 0.364. The van der Waals surface area contributed by atoms with E-state index >= 15 is 0 Å². The first-order valence-electron chi connectivity index (χ1n) is 5.00. The lowest BCUT2D eigenvalue weighted by Crippen LogP contribution is -2.50. The number of carbonyl (C=O) groups excluding carboxylic acids is 2. The van der Waals surface area contributed by atoms with Gasteiger partial charge in [-0.1, -0.05) is 0 Å². The minimum atomic E-state index is -1.38. The van der Waals surface area contributed by atoms with E-state index in [1.54, 1.807) is 0 Å². The monoisotopic (exact) mass is 258 g/mol. The van der Waals surface area contributed by atoms with Crippen LogP contribution in [-0.2, 0) is 9.53 Å². The van der Waals surface area contributed by atoms with Crippen LogP contribution in [0.1, 0.15) is 24.2 Å². The molecule has 0 fully saturated rings. The Hall–Kier alpha value is -2.05. The molecular weight excluding hydrogens is 246 g/mol. The number of methoxy groups -OCH3 is 1. The van der Waals surface area contributed by atoms with Gasteiger partial charge in [0.2, 0.25) is 5.95 Å². The number of pyridine rings is 1. The molecule has 1 rings (SSSR count). The summed E-state index contributed by atoms with van der Waals surface area (Å²) in [6.07, 6.45) is 0.957. The van der Waals surface area contributed by atoms with Crippen LogP contribution in [0.3, 0.4) is 0 Å². The van der Waals surface area contributed by atoms with Crippen LogP contribution in [0.4, 0.5) is 8.78 Å². The smallest absolute Gasteiger partial charge is 0.330 e. The van der Waals surface area contributed by atoms with Crippen LogP contribution in [0.15, 0.2) is 12.3 Å². The molecule has 0 bridgehead atoms. The summed E-state index contributed by atoms with van der Waals surface area (Å²) in [5.74, 6) is -4.37. The van der Waals surface area contributed by atoms with Gasteiger partial charge in [-0.3, -0.25) is 4.79 Å². The maximum atomic E-state index is 13.3. The molecule has 1 N–H and O–H groups in total. The van der Waals surface area contributed by atoms with Gasteiger partial charge >= 0.3 is 5.97 Å². The summed E-state index contributed by atoms with van der Waals surface area (Å²) < 4.78 is 30.6. The van der Waals surface area contributed by atoms with Gasteiger partial charge in [0.15, 0.2) is 5.82 Å². The highest BCUT2D eigenvalue weighted by Gasteiger charge is 2.31. The third kappa shape index (κ3) is 2.79. The zero-order valence-electron chi connectivity index (χ0n) is 10.1. The van der Waals surface area contributed by atoms with Crippen LogP contribution in [0.25, 0.3) is 0 Å². The lowest BCUT2D eigenvalue weighted by atomic mass is 10.1. The number of hydrogen-bond donors (Lipinski definition) is 1. The standard InChI is InChI=1S/C11H12F2N2O3/c1-11(2,10(17)18-3)15-9(16)6-4-5-14-8(13)7(6)12/h4-5H,1-3H3,(H,15,16). The molecule has 0 aliphatic rings. The number of aromatic nitrogens is 1. The molecule has 0 saturated carbocycles. The third-order valence-electron chi connectivity index (χ3n) is 2.21. The van der Waals surface area contributed by atoms with Crippen LogP contribution in [0, 0.1) is 11.8 Å². The summed E-state index contributed by atoms with van der Waals surface area (Å²) >= 11 is 0. The van der Waals surface area contributed by atoms with Crippen molar-refractivity contribution >= 4 is 11.9 Å². The fourth-order valence-electron chi connectivity index (χ4n) is 1.25. The van der Waals surface area contributed by atoms with Gasteiger partial charge < -0.3 is 10.1 Å². The Kier molecular flexibility index (Phi) is 3.95. The topological polar surface area (TPSA) is 68.3 Å². The molecule has 0 aromatic carbocycles. The van der Waals surface area contributed by atoms with Crippen LogP contribution >= 0.6 is 0 Å². The van der Waals surface area contributed by atoms with Crippen LogP contribution in [0.2, 0.25) is 0 Å². The molecule has 1 amide bonds. The highest BCUT2D eigenvalue weighted by molar-refractivity contribution is 5.97. The number of rotatable bonds is 3. The summed E-state index contributed by atoms with van der Waals surface area (Å²) in [6, 6.07) is 1.01. The van der Waals surface area contributed by atoms with Gasteiger partial charge in [-0.05, 0) is 19.9 Å². The molecule has 1 aromatic heterocycles. The van der Waals surface area contributed by atoms with Gasteiger partial charge in [0.1, 0.15) is 5.54 Å². The molecule has 1 heterocycles. The van der Waals surface area contributed by atoms with E-state index in [1.165, 1.54) is 13.8 Å². The van der Waals surface area contributed by atoms with Crippen LogP contribution in [-0.4, -0.2) is 29.5 Å². The first-order valence-corrected chi connectivity index (χ1v) is 5.00. The minimum absolute atomic E-state index is 0.528. The summed E-state index contributed by atoms with van der Waals surface area (Å²) in [5.41, 5.74) is -1.88. The molecule has 0 spiro atoms. The highest BCUT2D eigenvalue weighted by atomic mass is 19.2. The first-order chi connectivity index (χ1) is 8.29. The van der Waals surface area contributed by atoms with E-state index < -0.39 is 34.7 Å². The zero-order chi connectivity index (χ0) is 13.9. The Morgan fingerprint density at radius 1 is 1.39 bits per heavy atom. The molecule has 0 aliphatic carbocycles. The highest BCUT2D eigenvalue weighted by Crippen LogP contribution is 2.12. The van der Waals surface area contributed by atoms with Crippen molar-refractivity contribution in [3.63, 3.8) is 0 Å². The molecule has 5 nitrogen and oxygen atoms in total. The summed E-state index contributed by atoms with van der Waals surface area (Å²) in [7, 11) is 1.16. The van der Waals surface area contributed by atoms with E-state index in [4.69, 9.17) is 0 Å². The Morgan fingerprint density at radius 3 is 2.56 bits per heavy atom. The van der Waals surface area contributed by atoms with Crippen molar-refractivity contribution in [3.05, 3.63) is 29.6 Å². The van der Waals surface area contributed by atoms with Crippen molar-refractivity contribution in [1.82, 2.24) is 10.3 Å². The number of amides is 1. The van der Waals surface area contributed by atoms with Crippen molar-refractivity contribution in [3.8, 4) is 0 Å². The van der Waals surface area contributed by atoms with Crippen LogP contribution < -0.4 is 5.32 Å². The molecular formula is C11H12F2N2O3. The predicted molar refractivity (Wildman–Crippen MR) is 57.7 cm³/mol. The van der Waals surface area contributed by atoms with Gasteiger partial charge in [-0.2, -0.15) is 4.39 Å². The predicted octanol–water partition coefficient (Wildman–Crippen LogP) is 1.04. The second-order valence-corrected chi connectivity index (χ2v) is 4.03. The summed E-state index contributed by atoms with van der Waals surface area (Å²) in [4.78, 5) is 26.1. The molecule has 7 heteroatoms. The molecule has 98 valence electrons. The molecule has 0 atom stereocenters. The SMILES string of the molecule is COC(=O)C(C)(C)NC(=O)c1ccnc(F)c1F. The quantitative estimate of drug-likeness (QED) is 0.649. The van der Waals surface area contributed by atoms with Gasteiger partial charge in [-0.15, -0.1) is 0 Å². The summed E-state index contributed by atoms with van der Waals surface area (Å²) in [5, 5.41) is 2.24. The number of esters is 1. The fourth-order valence-corrected chi connectivity index (χ4v) is 1.25. The van der Waals surface area contributed by atoms with E-state index in [0.29, 0.717) is 0 Å². The van der Waals surface area contributed by atoms with E-state index in [0.717, 1.165) is 19.4 Å². The number of carbonyl (C=O) groups is 2. The van der Waals surface area contributed by atoms with E-state index in [-0.39, 0.29) is 0 Å². The molecule has 1 aromatic rings. The number of nitrogens with zero attached hydrogens (tertiary/aromatic N) is 1. The van der Waals surface area contributed by atoms with Gasteiger partial charge in [0.25, 0.3) is 5.91 Å². The van der Waals surface area contributed by atoms with E-state index in [1.807, 2.05) is 0 Å². The molecule has 0 radical (unpaired) electrons. The van der Waals surface area contributed by atoms with Crippen molar-refractivity contribution < 1.29 is 23.1 Å². The van der Waals surface area contributed by atoms with Crippen molar-refractivity contribution in [2.45, 2.75) is 19.4 Å². The number of nitrogens with one attached hydrogen (secondary N) is 1. The maximum absolute atomic E-state index is 13.3. The van der Waals surface area contributed by atoms with E-state index in [9.17, 15) is 18.4 Å².